The van der Waals surface area contributed by atoms with E-state index in [1.807, 2.05) is 11.0 Å². The highest BCUT2D eigenvalue weighted by Crippen LogP contribution is 2.22. The minimum atomic E-state index is -0.389. The van der Waals surface area contributed by atoms with Crippen molar-refractivity contribution in [1.82, 2.24) is 4.90 Å². The third-order valence-corrected chi connectivity index (χ3v) is 3.26. The first-order valence-electron chi connectivity index (χ1n) is 5.92. The molecule has 2 rings (SSSR count). The maximum absolute atomic E-state index is 14.0. The lowest BCUT2D eigenvalue weighted by Gasteiger charge is -2.35. The van der Waals surface area contributed by atoms with Crippen molar-refractivity contribution in [2.45, 2.75) is 6.92 Å². The van der Waals surface area contributed by atoms with Crippen LogP contribution >= 0.6 is 0 Å². The Bertz CT molecular complexity index is 431. The van der Waals surface area contributed by atoms with Crippen LogP contribution in [0.3, 0.4) is 0 Å². The molecule has 1 heterocycles. The highest BCUT2D eigenvalue weighted by atomic mass is 19.1. The highest BCUT2D eigenvalue weighted by molar-refractivity contribution is 5.53. The summed E-state index contributed by atoms with van der Waals surface area (Å²) in [7, 11) is 0. The molecule has 1 saturated heterocycles. The van der Waals surface area contributed by atoms with Crippen molar-refractivity contribution in [3.05, 3.63) is 29.6 Å². The van der Waals surface area contributed by atoms with Gasteiger partial charge in [-0.15, -0.1) is 0 Å². The van der Waals surface area contributed by atoms with Gasteiger partial charge in [0.05, 0.1) is 11.3 Å². The van der Waals surface area contributed by atoms with Crippen molar-refractivity contribution in [1.29, 1.82) is 5.26 Å². The molecule has 0 atom stereocenters. The predicted octanol–water partition coefficient (Wildman–Crippen LogP) is 1.84. The molecule has 3 nitrogen and oxygen atoms in total. The van der Waals surface area contributed by atoms with Gasteiger partial charge in [-0.05, 0) is 18.7 Å². The van der Waals surface area contributed by atoms with Crippen LogP contribution in [0.2, 0.25) is 0 Å². The van der Waals surface area contributed by atoms with Crippen LogP contribution in [0.15, 0.2) is 18.2 Å². The molecule has 0 N–H and O–H groups in total. The summed E-state index contributed by atoms with van der Waals surface area (Å²) < 4.78 is 14.0. The number of nitriles is 1. The van der Waals surface area contributed by atoms with Crippen LogP contribution < -0.4 is 4.90 Å². The summed E-state index contributed by atoms with van der Waals surface area (Å²) in [5, 5.41) is 8.80. The number of likely N-dealkylation sites (N-methyl/N-ethyl adjacent to an activating group) is 1. The van der Waals surface area contributed by atoms with Gasteiger partial charge in [-0.3, -0.25) is 0 Å². The van der Waals surface area contributed by atoms with Crippen LogP contribution in [0.5, 0.6) is 0 Å². The molecule has 1 fully saturated rings. The zero-order valence-electron chi connectivity index (χ0n) is 9.99. The van der Waals surface area contributed by atoms with Crippen LogP contribution in [0.4, 0.5) is 10.1 Å². The summed E-state index contributed by atoms with van der Waals surface area (Å²) in [6, 6.07) is 6.88. The van der Waals surface area contributed by atoms with Gasteiger partial charge in [-0.25, -0.2) is 4.39 Å². The molecule has 0 aliphatic carbocycles. The first-order chi connectivity index (χ1) is 8.26. The predicted molar refractivity (Wildman–Crippen MR) is 65.4 cm³/mol. The van der Waals surface area contributed by atoms with E-state index in [-0.39, 0.29) is 11.4 Å². The molecule has 0 amide bonds. The van der Waals surface area contributed by atoms with Crippen molar-refractivity contribution in [2.24, 2.45) is 0 Å². The fourth-order valence-electron chi connectivity index (χ4n) is 2.16. The molecule has 0 spiro atoms. The fraction of sp³-hybridized carbons (Fsp3) is 0.462. The summed E-state index contributed by atoms with van der Waals surface area (Å²) in [6.07, 6.45) is 0. The molecular formula is C13H16FN3. The van der Waals surface area contributed by atoms with Crippen LogP contribution in [-0.2, 0) is 0 Å². The Kier molecular flexibility index (Phi) is 3.60. The maximum Gasteiger partial charge on any atom is 0.164 e. The fourth-order valence-corrected chi connectivity index (χ4v) is 2.16. The monoisotopic (exact) mass is 233 g/mol. The van der Waals surface area contributed by atoms with E-state index in [0.717, 1.165) is 32.7 Å². The highest BCUT2D eigenvalue weighted by Gasteiger charge is 2.19. The molecule has 17 heavy (non-hydrogen) atoms. The Balaban J connectivity index is 2.16. The number of anilines is 1. The lowest BCUT2D eigenvalue weighted by Crippen LogP contribution is -2.46. The van der Waals surface area contributed by atoms with Crippen LogP contribution in [0, 0.1) is 17.1 Å². The maximum atomic E-state index is 14.0. The molecule has 0 aromatic heterocycles. The number of halogens is 1. The average molecular weight is 233 g/mol. The topological polar surface area (TPSA) is 30.3 Å². The smallest absolute Gasteiger partial charge is 0.164 e. The number of rotatable bonds is 2. The number of hydrogen-bond acceptors (Lipinski definition) is 3. The van der Waals surface area contributed by atoms with Crippen LogP contribution in [-0.4, -0.2) is 37.6 Å². The van der Waals surface area contributed by atoms with E-state index in [0.29, 0.717) is 5.69 Å². The summed E-state index contributed by atoms with van der Waals surface area (Å²) in [5.41, 5.74) is 0.681. The van der Waals surface area contributed by atoms with Crippen LogP contribution in [0.1, 0.15) is 12.5 Å². The molecule has 1 aliphatic heterocycles. The molecule has 0 bridgehead atoms. The van der Waals surface area contributed by atoms with Gasteiger partial charge in [0.1, 0.15) is 6.07 Å². The third kappa shape index (κ3) is 2.40. The number of hydrogen-bond donors (Lipinski definition) is 0. The second-order valence-electron chi connectivity index (χ2n) is 4.17. The Morgan fingerprint density at radius 3 is 2.59 bits per heavy atom. The molecule has 1 aromatic rings. The van der Waals surface area contributed by atoms with Gasteiger partial charge in [0, 0.05) is 26.2 Å². The van der Waals surface area contributed by atoms with E-state index in [1.54, 1.807) is 12.1 Å². The SMILES string of the molecule is CCN1CCN(c2cccc(C#N)c2F)CC1. The normalized spacial score (nSPS) is 16.9. The lowest BCUT2D eigenvalue weighted by molar-refractivity contribution is 0.270. The molecule has 0 saturated carbocycles. The van der Waals surface area contributed by atoms with Crippen molar-refractivity contribution >= 4 is 5.69 Å². The van der Waals surface area contributed by atoms with E-state index in [4.69, 9.17) is 5.26 Å². The zero-order chi connectivity index (χ0) is 12.3. The number of piperazine rings is 1. The quantitative estimate of drug-likeness (QED) is 0.780. The summed E-state index contributed by atoms with van der Waals surface area (Å²) in [6.45, 7) is 6.71. The van der Waals surface area contributed by atoms with Gasteiger partial charge >= 0.3 is 0 Å². The van der Waals surface area contributed by atoms with Gasteiger partial charge in [-0.2, -0.15) is 5.26 Å². The third-order valence-electron chi connectivity index (χ3n) is 3.26. The Hall–Kier alpha value is -1.60. The van der Waals surface area contributed by atoms with Gasteiger partial charge < -0.3 is 9.80 Å². The summed E-state index contributed by atoms with van der Waals surface area (Å²) in [4.78, 5) is 4.35. The van der Waals surface area contributed by atoms with Gasteiger partial charge in [0.15, 0.2) is 5.82 Å². The van der Waals surface area contributed by atoms with E-state index >= 15 is 0 Å². The number of benzene rings is 1. The second kappa shape index (κ2) is 5.15. The largest absolute Gasteiger partial charge is 0.367 e. The molecule has 1 aliphatic rings. The van der Waals surface area contributed by atoms with Crippen molar-refractivity contribution in [3.8, 4) is 6.07 Å². The van der Waals surface area contributed by atoms with E-state index in [1.165, 1.54) is 6.07 Å². The van der Waals surface area contributed by atoms with E-state index in [9.17, 15) is 4.39 Å². The van der Waals surface area contributed by atoms with Gasteiger partial charge in [-0.1, -0.05) is 13.0 Å². The molecule has 90 valence electrons. The minimum absolute atomic E-state index is 0.125. The van der Waals surface area contributed by atoms with Crippen molar-refractivity contribution < 1.29 is 4.39 Å². The molecule has 0 unspecified atom stereocenters. The Morgan fingerprint density at radius 1 is 1.29 bits per heavy atom. The summed E-state index contributed by atoms with van der Waals surface area (Å²) >= 11 is 0. The standard InChI is InChI=1S/C13H16FN3/c1-2-16-6-8-17(9-7-16)12-5-3-4-11(10-15)13(12)14/h3-5H,2,6-9H2,1H3. The second-order valence-corrected chi connectivity index (χ2v) is 4.17. The molecular weight excluding hydrogens is 217 g/mol. The van der Waals surface area contributed by atoms with Crippen LogP contribution in [0.25, 0.3) is 0 Å². The van der Waals surface area contributed by atoms with E-state index < -0.39 is 0 Å². The first kappa shape index (κ1) is 11.9. The average Bonchev–Trinajstić information content (AvgIpc) is 2.39. The van der Waals surface area contributed by atoms with Gasteiger partial charge in [0.2, 0.25) is 0 Å². The Labute approximate surface area is 101 Å². The number of nitrogens with zero attached hydrogens (tertiary/aromatic N) is 3. The molecule has 4 heteroatoms. The summed E-state index contributed by atoms with van der Waals surface area (Å²) in [5.74, 6) is -0.389. The molecule has 0 radical (unpaired) electrons. The molecule has 1 aromatic carbocycles. The van der Waals surface area contributed by atoms with E-state index in [2.05, 4.69) is 11.8 Å². The van der Waals surface area contributed by atoms with Gasteiger partial charge in [0.25, 0.3) is 0 Å². The minimum Gasteiger partial charge on any atom is -0.367 e. The Morgan fingerprint density at radius 2 is 2.00 bits per heavy atom. The first-order valence-corrected chi connectivity index (χ1v) is 5.92. The zero-order valence-corrected chi connectivity index (χ0v) is 9.99. The van der Waals surface area contributed by atoms with Crippen molar-refractivity contribution in [3.63, 3.8) is 0 Å². The van der Waals surface area contributed by atoms with Crippen molar-refractivity contribution in [2.75, 3.05) is 37.6 Å². The lowest BCUT2D eigenvalue weighted by atomic mass is 10.1.